The lowest BCUT2D eigenvalue weighted by atomic mass is 10.0. The fourth-order valence-electron chi connectivity index (χ4n) is 1.93. The number of rotatable bonds is 4. The van der Waals surface area contributed by atoms with Crippen molar-refractivity contribution in [1.82, 2.24) is 5.43 Å². The normalized spacial score (nSPS) is 16.2. The molecule has 0 amide bonds. The number of alkyl halides is 3. The van der Waals surface area contributed by atoms with Crippen molar-refractivity contribution < 1.29 is 22.6 Å². The molecule has 0 radical (unpaired) electrons. The molecule has 4 nitrogen and oxygen atoms in total. The Morgan fingerprint density at radius 2 is 1.89 bits per heavy atom. The molecule has 0 aromatic heterocycles. The second-order valence-electron chi connectivity index (χ2n) is 4.28. The predicted octanol–water partition coefficient (Wildman–Crippen LogP) is 2.30. The van der Waals surface area contributed by atoms with Crippen molar-refractivity contribution in [3.8, 4) is 11.5 Å². The van der Waals surface area contributed by atoms with Crippen molar-refractivity contribution in [1.29, 1.82) is 0 Å². The highest BCUT2D eigenvalue weighted by atomic mass is 19.4. The summed E-state index contributed by atoms with van der Waals surface area (Å²) in [5.41, 5.74) is 3.05. The zero-order valence-corrected chi connectivity index (χ0v) is 10.2. The van der Waals surface area contributed by atoms with Gasteiger partial charge in [0.2, 0.25) is 0 Å². The molecular weight excluding hydrogens is 261 g/mol. The number of hydrazine groups is 1. The Balaban J connectivity index is 2.10. The number of nitrogens with one attached hydrogen (secondary N) is 1. The lowest BCUT2D eigenvalue weighted by Crippen LogP contribution is -2.29. The molecule has 19 heavy (non-hydrogen) atoms. The van der Waals surface area contributed by atoms with Gasteiger partial charge < -0.3 is 9.47 Å². The number of hydrogen-bond donors (Lipinski definition) is 2. The van der Waals surface area contributed by atoms with E-state index in [1.54, 1.807) is 18.2 Å². The van der Waals surface area contributed by atoms with Crippen LogP contribution in [0.25, 0.3) is 0 Å². The zero-order valence-electron chi connectivity index (χ0n) is 10.2. The summed E-state index contributed by atoms with van der Waals surface area (Å²) < 4.78 is 47.4. The molecule has 0 bridgehead atoms. The summed E-state index contributed by atoms with van der Waals surface area (Å²) in [6.45, 7) is 0.902. The van der Waals surface area contributed by atoms with Gasteiger partial charge in [0.25, 0.3) is 0 Å². The first-order valence-corrected chi connectivity index (χ1v) is 5.92. The average molecular weight is 276 g/mol. The Morgan fingerprint density at radius 1 is 1.21 bits per heavy atom. The average Bonchev–Trinajstić information content (AvgIpc) is 2.38. The number of fused-ring (bicyclic) bond motifs is 1. The van der Waals surface area contributed by atoms with Crippen molar-refractivity contribution in [3.63, 3.8) is 0 Å². The Bertz CT molecular complexity index is 437. The molecule has 106 valence electrons. The molecule has 1 heterocycles. The van der Waals surface area contributed by atoms with E-state index < -0.39 is 18.6 Å². The van der Waals surface area contributed by atoms with E-state index in [1.165, 1.54) is 0 Å². The van der Waals surface area contributed by atoms with Gasteiger partial charge in [0.05, 0.1) is 0 Å². The van der Waals surface area contributed by atoms with Crippen molar-refractivity contribution in [2.75, 3.05) is 13.2 Å². The summed E-state index contributed by atoms with van der Waals surface area (Å²) in [4.78, 5) is 0. The third-order valence-electron chi connectivity index (χ3n) is 2.89. The number of hydrogen-bond acceptors (Lipinski definition) is 4. The molecule has 1 unspecified atom stereocenters. The Hall–Kier alpha value is -1.47. The molecule has 2 rings (SSSR count). The van der Waals surface area contributed by atoms with Crippen LogP contribution in [0.4, 0.5) is 13.2 Å². The summed E-state index contributed by atoms with van der Waals surface area (Å²) in [7, 11) is 0. The molecular formula is C12H15F3N2O2. The maximum atomic E-state index is 12.2. The van der Waals surface area contributed by atoms with Gasteiger partial charge in [-0.1, -0.05) is 6.07 Å². The van der Waals surface area contributed by atoms with Crippen LogP contribution in [0.3, 0.4) is 0 Å². The predicted molar refractivity (Wildman–Crippen MR) is 62.8 cm³/mol. The third-order valence-corrected chi connectivity index (χ3v) is 2.89. The zero-order chi connectivity index (χ0) is 13.9. The minimum Gasteiger partial charge on any atom is -0.486 e. The molecule has 3 N–H and O–H groups in total. The van der Waals surface area contributed by atoms with Gasteiger partial charge in [-0.3, -0.25) is 11.3 Å². The van der Waals surface area contributed by atoms with E-state index in [2.05, 4.69) is 5.43 Å². The number of halogens is 3. The van der Waals surface area contributed by atoms with E-state index in [0.29, 0.717) is 30.3 Å². The molecule has 0 saturated heterocycles. The largest absolute Gasteiger partial charge is 0.486 e. The maximum Gasteiger partial charge on any atom is 0.389 e. The van der Waals surface area contributed by atoms with Gasteiger partial charge >= 0.3 is 6.18 Å². The Morgan fingerprint density at radius 3 is 2.53 bits per heavy atom. The first kappa shape index (κ1) is 14.0. The smallest absolute Gasteiger partial charge is 0.389 e. The fraction of sp³-hybridized carbons (Fsp3) is 0.500. The van der Waals surface area contributed by atoms with Gasteiger partial charge in [0.15, 0.2) is 11.5 Å². The SMILES string of the molecule is NNC(CCC(F)(F)F)c1ccc2c(c1)OCCO2. The van der Waals surface area contributed by atoms with Crippen molar-refractivity contribution >= 4 is 0 Å². The Kier molecular flexibility index (Phi) is 4.16. The second kappa shape index (κ2) is 5.66. The van der Waals surface area contributed by atoms with Crippen LogP contribution in [0.2, 0.25) is 0 Å². The standard InChI is InChI=1S/C12H15F3N2O2/c13-12(14,15)4-3-9(17-16)8-1-2-10-11(7-8)19-6-5-18-10/h1-2,7,9,17H,3-6,16H2. The molecule has 1 aliphatic rings. The van der Waals surface area contributed by atoms with E-state index in [4.69, 9.17) is 15.3 Å². The van der Waals surface area contributed by atoms with Crippen molar-refractivity contribution in [3.05, 3.63) is 23.8 Å². The summed E-state index contributed by atoms with van der Waals surface area (Å²) in [5, 5.41) is 0. The van der Waals surface area contributed by atoms with Crippen LogP contribution in [-0.2, 0) is 0 Å². The molecule has 0 saturated carbocycles. The molecule has 0 aliphatic carbocycles. The van der Waals surface area contributed by atoms with Crippen LogP contribution >= 0.6 is 0 Å². The molecule has 0 fully saturated rings. The summed E-state index contributed by atoms with van der Waals surface area (Å²) in [6, 6.07) is 4.46. The van der Waals surface area contributed by atoms with Crippen molar-refractivity contribution in [2.24, 2.45) is 5.84 Å². The minimum atomic E-state index is -4.19. The topological polar surface area (TPSA) is 56.5 Å². The van der Waals surface area contributed by atoms with Gasteiger partial charge in [-0.2, -0.15) is 13.2 Å². The lowest BCUT2D eigenvalue weighted by Gasteiger charge is -2.22. The van der Waals surface area contributed by atoms with E-state index >= 15 is 0 Å². The summed E-state index contributed by atoms with van der Waals surface area (Å²) >= 11 is 0. The van der Waals surface area contributed by atoms with Crippen LogP contribution in [-0.4, -0.2) is 19.4 Å². The van der Waals surface area contributed by atoms with Gasteiger partial charge in [0, 0.05) is 12.5 Å². The van der Waals surface area contributed by atoms with E-state index in [9.17, 15) is 13.2 Å². The highest BCUT2D eigenvalue weighted by molar-refractivity contribution is 5.44. The van der Waals surface area contributed by atoms with Gasteiger partial charge in [0.1, 0.15) is 13.2 Å². The molecule has 7 heteroatoms. The van der Waals surface area contributed by atoms with Crippen LogP contribution < -0.4 is 20.7 Å². The number of nitrogens with two attached hydrogens (primary N) is 1. The highest BCUT2D eigenvalue weighted by Gasteiger charge is 2.28. The monoisotopic (exact) mass is 276 g/mol. The molecule has 1 atom stereocenters. The van der Waals surface area contributed by atoms with E-state index in [-0.39, 0.29) is 6.42 Å². The summed E-state index contributed by atoms with van der Waals surface area (Å²) in [5.74, 6) is 6.46. The van der Waals surface area contributed by atoms with E-state index in [1.807, 2.05) is 0 Å². The molecule has 1 aromatic carbocycles. The van der Waals surface area contributed by atoms with Gasteiger partial charge in [-0.25, -0.2) is 0 Å². The van der Waals surface area contributed by atoms with E-state index in [0.717, 1.165) is 0 Å². The van der Waals surface area contributed by atoms with Gasteiger partial charge in [-0.05, 0) is 24.1 Å². The number of ether oxygens (including phenoxy) is 2. The second-order valence-corrected chi connectivity index (χ2v) is 4.28. The maximum absolute atomic E-state index is 12.2. The minimum absolute atomic E-state index is 0.125. The van der Waals surface area contributed by atoms with Gasteiger partial charge in [-0.15, -0.1) is 0 Å². The lowest BCUT2D eigenvalue weighted by molar-refractivity contribution is -0.136. The van der Waals surface area contributed by atoms with Crippen molar-refractivity contribution in [2.45, 2.75) is 25.1 Å². The highest BCUT2D eigenvalue weighted by Crippen LogP contribution is 2.34. The molecule has 0 spiro atoms. The Labute approximate surface area is 108 Å². The number of benzene rings is 1. The molecule has 1 aliphatic heterocycles. The van der Waals surface area contributed by atoms with Crippen LogP contribution in [0.15, 0.2) is 18.2 Å². The van der Waals surface area contributed by atoms with Crippen LogP contribution in [0.5, 0.6) is 11.5 Å². The van der Waals surface area contributed by atoms with Crippen LogP contribution in [0.1, 0.15) is 24.4 Å². The third kappa shape index (κ3) is 3.74. The fourth-order valence-corrected chi connectivity index (χ4v) is 1.93. The van der Waals surface area contributed by atoms with Crippen LogP contribution in [0, 0.1) is 0 Å². The first-order valence-electron chi connectivity index (χ1n) is 5.92. The molecule has 1 aromatic rings. The summed E-state index contributed by atoms with van der Waals surface area (Å²) in [6.07, 6.45) is -5.21. The first-order chi connectivity index (χ1) is 8.99. The quantitative estimate of drug-likeness (QED) is 0.654.